The first-order chi connectivity index (χ1) is 25.9. The largest absolute Gasteiger partial charge is 0.508 e. The summed E-state index contributed by atoms with van der Waals surface area (Å²) in [6.45, 7) is 1.44. The molecule has 11 heteroatoms. The third kappa shape index (κ3) is 4.23. The number of benzene rings is 6. The van der Waals surface area contributed by atoms with Crippen LogP contribution in [0, 0.1) is 12.8 Å². The van der Waals surface area contributed by atoms with Gasteiger partial charge in [0.25, 0.3) is 0 Å². The molecule has 0 spiro atoms. The first-order valence-corrected chi connectivity index (χ1v) is 16.9. The summed E-state index contributed by atoms with van der Waals surface area (Å²) in [5.41, 5.74) is 5.13. The Morgan fingerprint density at radius 1 is 0.593 bits per heavy atom. The van der Waals surface area contributed by atoms with Crippen LogP contribution in [0.2, 0.25) is 0 Å². The fourth-order valence-electron chi connectivity index (χ4n) is 8.28. The molecule has 0 amide bonds. The highest BCUT2D eigenvalue weighted by Gasteiger charge is 2.37. The van der Waals surface area contributed by atoms with Crippen molar-refractivity contribution in [3.63, 3.8) is 0 Å². The van der Waals surface area contributed by atoms with E-state index in [1.54, 1.807) is 24.3 Å². The summed E-state index contributed by atoms with van der Waals surface area (Å²) in [5.74, 6) is -7.03. The van der Waals surface area contributed by atoms with Gasteiger partial charge in [-0.2, -0.15) is 0 Å². The molecule has 0 aliphatic heterocycles. The van der Waals surface area contributed by atoms with Crippen LogP contribution in [-0.2, 0) is 0 Å². The summed E-state index contributed by atoms with van der Waals surface area (Å²) in [6, 6.07) is 20.3. The molecule has 9 N–H and O–H groups in total. The molecule has 6 aromatic carbocycles. The predicted octanol–water partition coefficient (Wildman–Crippen LogP) is 7.55. The first kappa shape index (κ1) is 32.8. The molecular formula is C43H29BO10. The van der Waals surface area contributed by atoms with E-state index in [9.17, 15) is 46.0 Å². The third-order valence-electron chi connectivity index (χ3n) is 10.8. The van der Waals surface area contributed by atoms with Gasteiger partial charge in [0.15, 0.2) is 28.6 Å². The monoisotopic (exact) mass is 716 g/mol. The molecule has 0 saturated carbocycles. The van der Waals surface area contributed by atoms with Crippen molar-refractivity contribution in [2.24, 2.45) is 5.92 Å². The zero-order valence-corrected chi connectivity index (χ0v) is 28.3. The molecule has 9 rings (SSSR count). The number of phenolic OH excluding ortho intramolecular Hbond substituents is 9. The normalized spacial score (nSPS) is 16.4. The zero-order chi connectivity index (χ0) is 37.9. The van der Waals surface area contributed by atoms with Crippen LogP contribution in [0.1, 0.15) is 33.7 Å². The summed E-state index contributed by atoms with van der Waals surface area (Å²) < 4.78 is 6.23. The molecule has 7 aromatic rings. The van der Waals surface area contributed by atoms with E-state index in [-0.39, 0.29) is 61.7 Å². The molecule has 2 unspecified atom stereocenters. The van der Waals surface area contributed by atoms with Gasteiger partial charge in [-0.05, 0) is 63.5 Å². The summed E-state index contributed by atoms with van der Waals surface area (Å²) in [6.07, 6.45) is 7.92. The van der Waals surface area contributed by atoms with E-state index in [2.05, 4.69) is 6.08 Å². The molecule has 10 nitrogen and oxygen atoms in total. The van der Waals surface area contributed by atoms with Crippen molar-refractivity contribution >= 4 is 51.6 Å². The zero-order valence-electron chi connectivity index (χ0n) is 28.3. The van der Waals surface area contributed by atoms with Crippen molar-refractivity contribution in [2.45, 2.75) is 12.8 Å². The van der Waals surface area contributed by atoms with Crippen molar-refractivity contribution < 1.29 is 50.4 Å². The molecule has 2 radical (unpaired) electrons. The lowest BCUT2D eigenvalue weighted by atomic mass is 9.66. The summed E-state index contributed by atoms with van der Waals surface area (Å²) >= 11 is 0. The Hall–Kier alpha value is -7.14. The van der Waals surface area contributed by atoms with Crippen LogP contribution in [-0.4, -0.2) is 53.8 Å². The highest BCUT2D eigenvalue weighted by Crippen LogP contribution is 2.58. The molecule has 0 fully saturated rings. The van der Waals surface area contributed by atoms with Gasteiger partial charge in [0.05, 0.1) is 16.3 Å². The van der Waals surface area contributed by atoms with Crippen molar-refractivity contribution in [1.29, 1.82) is 0 Å². The summed E-state index contributed by atoms with van der Waals surface area (Å²) in [4.78, 5) is 0. The fraction of sp³-hybridized carbons (Fsp3) is 0.0698. The minimum Gasteiger partial charge on any atom is -0.508 e. The highest BCUT2D eigenvalue weighted by atomic mass is 16.4. The quantitative estimate of drug-likeness (QED) is 0.0501. The number of fused-ring (bicyclic) bond motifs is 7. The molecule has 264 valence electrons. The fourth-order valence-corrected chi connectivity index (χ4v) is 8.28. The van der Waals surface area contributed by atoms with E-state index in [4.69, 9.17) is 12.3 Å². The van der Waals surface area contributed by atoms with Crippen molar-refractivity contribution in [3.05, 3.63) is 124 Å². The van der Waals surface area contributed by atoms with Gasteiger partial charge in [-0.1, -0.05) is 78.9 Å². The number of rotatable bonds is 3. The molecule has 2 aliphatic carbocycles. The lowest BCUT2D eigenvalue weighted by Crippen LogP contribution is -2.23. The van der Waals surface area contributed by atoms with E-state index in [0.717, 1.165) is 27.8 Å². The topological polar surface area (TPSA) is 195 Å². The Labute approximate surface area is 307 Å². The minimum absolute atomic E-state index is 0.0182. The van der Waals surface area contributed by atoms with E-state index >= 15 is 0 Å². The number of aromatic hydroxyl groups is 9. The number of furan rings is 1. The second-order valence-electron chi connectivity index (χ2n) is 13.6. The first-order valence-electron chi connectivity index (χ1n) is 16.9. The van der Waals surface area contributed by atoms with Crippen LogP contribution in [0.25, 0.3) is 49.4 Å². The summed E-state index contributed by atoms with van der Waals surface area (Å²) in [5, 5.41) is 97.5. The molecular weight excluding hydrogens is 687 g/mol. The van der Waals surface area contributed by atoms with Crippen LogP contribution in [0.15, 0.2) is 101 Å². The Kier molecular flexibility index (Phi) is 6.93. The number of phenols is 9. The van der Waals surface area contributed by atoms with Gasteiger partial charge in [0, 0.05) is 28.2 Å². The maximum atomic E-state index is 11.5. The van der Waals surface area contributed by atoms with E-state index < -0.39 is 40.2 Å². The molecule has 1 heterocycles. The van der Waals surface area contributed by atoms with Crippen LogP contribution in [0.5, 0.6) is 51.7 Å². The Bertz CT molecular complexity index is 2890. The van der Waals surface area contributed by atoms with Gasteiger partial charge in [0.1, 0.15) is 24.9 Å². The lowest BCUT2D eigenvalue weighted by molar-refractivity contribution is 0.330. The van der Waals surface area contributed by atoms with Gasteiger partial charge in [-0.15, -0.1) is 0 Å². The maximum absolute atomic E-state index is 11.5. The molecule has 2 atom stereocenters. The Morgan fingerprint density at radius 2 is 1.24 bits per heavy atom. The van der Waals surface area contributed by atoms with Gasteiger partial charge >= 0.3 is 0 Å². The van der Waals surface area contributed by atoms with Gasteiger partial charge in [0.2, 0.25) is 17.2 Å². The third-order valence-corrected chi connectivity index (χ3v) is 10.8. The molecule has 0 bridgehead atoms. The molecule has 0 saturated heterocycles. The minimum atomic E-state index is -1.05. The second-order valence-corrected chi connectivity index (χ2v) is 13.6. The number of hydrogen-bond donors (Lipinski definition) is 9. The van der Waals surface area contributed by atoms with Crippen molar-refractivity contribution in [1.82, 2.24) is 0 Å². The number of allylic oxidation sites excluding steroid dienone is 5. The smallest absolute Gasteiger partial charge is 0.208 e. The van der Waals surface area contributed by atoms with Crippen LogP contribution < -0.4 is 5.46 Å². The predicted molar refractivity (Wildman–Crippen MR) is 204 cm³/mol. The average molecular weight is 717 g/mol. The van der Waals surface area contributed by atoms with Gasteiger partial charge in [-0.25, -0.2) is 0 Å². The van der Waals surface area contributed by atoms with E-state index in [1.165, 1.54) is 6.92 Å². The van der Waals surface area contributed by atoms with Gasteiger partial charge < -0.3 is 50.4 Å². The highest BCUT2D eigenvalue weighted by molar-refractivity contribution is 6.45. The van der Waals surface area contributed by atoms with E-state index in [1.807, 2.05) is 60.7 Å². The molecule has 1 aromatic heterocycles. The lowest BCUT2D eigenvalue weighted by Gasteiger charge is -2.37. The van der Waals surface area contributed by atoms with Crippen molar-refractivity contribution in [2.75, 3.05) is 0 Å². The van der Waals surface area contributed by atoms with Crippen LogP contribution >= 0.6 is 0 Å². The maximum Gasteiger partial charge on any atom is 0.208 e. The number of hydrogen-bond acceptors (Lipinski definition) is 10. The van der Waals surface area contributed by atoms with Gasteiger partial charge in [-0.3, -0.25) is 0 Å². The average Bonchev–Trinajstić information content (AvgIpc) is 3.57. The van der Waals surface area contributed by atoms with E-state index in [0.29, 0.717) is 22.1 Å². The standard InChI is InChI=1S/C43H29BO10/c1-17-34(45)32-31(39(50)35(17)46)33(44)36(47)30-25-16-18(14-15-26(25)54-43(30)32)27-19-8-2-4-10-21(19)28(22-11-5-3-9-20(22)27)23-12-6-7-13-24(23)29-37(48)40(51)42(53)41(52)38(29)49/h2-16,19,27,45-53H,1H3. The van der Waals surface area contributed by atoms with Crippen molar-refractivity contribution in [3.8, 4) is 62.9 Å². The Morgan fingerprint density at radius 3 is 1.96 bits per heavy atom. The Balaban J connectivity index is 1.29. The SMILES string of the molecule is [B]c1c(O)c2c3cc(C4c5ccccc5C(c5ccccc5-c5c(O)c(O)c(O)c(O)c5O)=C5C=CC=CC54)ccc3oc2c2c(O)c(C)c(O)c(O)c12. The second kappa shape index (κ2) is 11.4. The summed E-state index contributed by atoms with van der Waals surface area (Å²) in [7, 11) is 6.35. The van der Waals surface area contributed by atoms with Crippen LogP contribution in [0.4, 0.5) is 0 Å². The molecule has 54 heavy (non-hydrogen) atoms. The van der Waals surface area contributed by atoms with Crippen LogP contribution in [0.3, 0.4) is 0 Å². The molecule has 2 aliphatic rings.